The van der Waals surface area contributed by atoms with Gasteiger partial charge in [-0.2, -0.15) is 0 Å². The van der Waals surface area contributed by atoms with Gasteiger partial charge >= 0.3 is 5.97 Å². The fourth-order valence-corrected chi connectivity index (χ4v) is 6.99. The van der Waals surface area contributed by atoms with E-state index in [4.69, 9.17) is 17.1 Å². The molecular formula is C31H23N3O3S. The van der Waals surface area contributed by atoms with Crippen LogP contribution in [-0.2, 0) is 26.5 Å². The molecule has 3 heterocycles. The topological polar surface area (TPSA) is 71.0 Å². The highest BCUT2D eigenvalue weighted by Gasteiger charge is 2.74. The van der Waals surface area contributed by atoms with Crippen LogP contribution in [-0.4, -0.2) is 22.6 Å². The summed E-state index contributed by atoms with van der Waals surface area (Å²) in [5, 5.41) is 9.55. The minimum atomic E-state index is -1.40. The summed E-state index contributed by atoms with van der Waals surface area (Å²) in [6.07, 6.45) is 0. The fraction of sp³-hybridized carbons (Fsp3) is 0.161. The average molecular weight is 518 g/mol. The number of fused-ring (bicyclic) bond motifs is 3. The van der Waals surface area contributed by atoms with Gasteiger partial charge in [0.15, 0.2) is 11.0 Å². The van der Waals surface area contributed by atoms with Crippen molar-refractivity contribution >= 4 is 51.3 Å². The number of para-hydroxylation sites is 1. The van der Waals surface area contributed by atoms with Gasteiger partial charge in [-0.15, -0.1) is 0 Å². The van der Waals surface area contributed by atoms with E-state index in [1.807, 2.05) is 97.1 Å². The fourth-order valence-electron chi connectivity index (χ4n) is 6.48. The molecule has 4 aromatic rings. The maximum atomic E-state index is 14.7. The van der Waals surface area contributed by atoms with Gasteiger partial charge in [0, 0.05) is 11.5 Å². The quantitative estimate of drug-likeness (QED) is 0.298. The third-order valence-electron chi connectivity index (χ3n) is 8.19. The van der Waals surface area contributed by atoms with Crippen LogP contribution < -0.4 is 10.2 Å². The Kier molecular flexibility index (Phi) is 4.84. The Hall–Kier alpha value is -4.36. The molecule has 1 fully saturated rings. The normalized spacial score (nSPS) is 25.7. The van der Waals surface area contributed by atoms with Gasteiger partial charge in [0.2, 0.25) is 0 Å². The standard InChI is InChI=1S/C31H23N3O3S/c1-19-30(29(36)37-33-19)26(23-16-15-21-11-5-6-12-22(21)17-23)31(32-27(30)38)24-13-7-8-14-25(24)34(28(31)35)18-20-9-3-2-4-10-20/h2-17,26H,18H2,1H3,(H,32,38)/t26-,30-,31+/m1/s1. The van der Waals surface area contributed by atoms with Crippen LogP contribution in [0.5, 0.6) is 0 Å². The zero-order valence-electron chi connectivity index (χ0n) is 20.5. The number of hydrogen-bond acceptors (Lipinski definition) is 5. The van der Waals surface area contributed by atoms with E-state index in [0.717, 1.165) is 33.2 Å². The minimum Gasteiger partial charge on any atom is -0.360 e. The second-order valence-corrected chi connectivity index (χ2v) is 10.5. The third kappa shape index (κ3) is 2.82. The predicted molar refractivity (Wildman–Crippen MR) is 150 cm³/mol. The van der Waals surface area contributed by atoms with Crippen molar-refractivity contribution in [2.45, 2.75) is 24.9 Å². The molecular weight excluding hydrogens is 494 g/mol. The van der Waals surface area contributed by atoms with Crippen LogP contribution in [0.2, 0.25) is 0 Å². The molecule has 1 saturated heterocycles. The molecule has 0 aromatic heterocycles. The molecule has 1 N–H and O–H groups in total. The largest absolute Gasteiger partial charge is 0.360 e. The number of nitrogens with zero attached hydrogens (tertiary/aromatic N) is 2. The maximum Gasteiger partial charge on any atom is 0.354 e. The molecule has 0 aliphatic carbocycles. The Morgan fingerprint density at radius 2 is 1.63 bits per heavy atom. The molecule has 0 saturated carbocycles. The lowest BCUT2D eigenvalue weighted by molar-refractivity contribution is -0.146. The zero-order chi connectivity index (χ0) is 26.1. The first kappa shape index (κ1) is 22.8. The smallest absolute Gasteiger partial charge is 0.354 e. The lowest BCUT2D eigenvalue weighted by atomic mass is 9.63. The van der Waals surface area contributed by atoms with Crippen molar-refractivity contribution in [2.75, 3.05) is 4.90 Å². The van der Waals surface area contributed by atoms with Gasteiger partial charge in [0.05, 0.1) is 17.9 Å². The van der Waals surface area contributed by atoms with Crippen molar-refractivity contribution in [1.29, 1.82) is 0 Å². The van der Waals surface area contributed by atoms with E-state index in [9.17, 15) is 9.59 Å². The second kappa shape index (κ2) is 8.07. The van der Waals surface area contributed by atoms with E-state index in [0.29, 0.717) is 12.3 Å². The lowest BCUT2D eigenvalue weighted by Crippen LogP contribution is -2.51. The van der Waals surface area contributed by atoms with Crippen LogP contribution in [0.25, 0.3) is 10.8 Å². The van der Waals surface area contributed by atoms with Gasteiger partial charge in [0.25, 0.3) is 5.91 Å². The van der Waals surface area contributed by atoms with Gasteiger partial charge in [-0.3, -0.25) is 4.79 Å². The number of hydrogen-bond donors (Lipinski definition) is 1. The number of oxime groups is 1. The first-order valence-electron chi connectivity index (χ1n) is 12.5. The van der Waals surface area contributed by atoms with Crippen LogP contribution in [0.4, 0.5) is 5.69 Å². The van der Waals surface area contributed by atoms with Crippen molar-refractivity contribution in [3.63, 3.8) is 0 Å². The number of carbonyl (C=O) groups is 2. The van der Waals surface area contributed by atoms with E-state index in [1.165, 1.54) is 0 Å². The van der Waals surface area contributed by atoms with Gasteiger partial charge in [0.1, 0.15) is 4.99 Å². The molecule has 3 aliphatic rings. The molecule has 38 heavy (non-hydrogen) atoms. The van der Waals surface area contributed by atoms with Crippen molar-refractivity contribution in [1.82, 2.24) is 5.32 Å². The minimum absolute atomic E-state index is 0.160. The first-order chi connectivity index (χ1) is 18.5. The highest BCUT2D eigenvalue weighted by Crippen LogP contribution is 2.61. The molecule has 0 bridgehead atoms. The number of carbonyl (C=O) groups excluding carboxylic acids is 2. The Bertz CT molecular complexity index is 1700. The molecule has 4 aromatic carbocycles. The Morgan fingerprint density at radius 1 is 0.921 bits per heavy atom. The molecule has 3 atom stereocenters. The van der Waals surface area contributed by atoms with Crippen LogP contribution in [0, 0.1) is 5.41 Å². The Balaban J connectivity index is 1.50. The van der Waals surface area contributed by atoms with Crippen LogP contribution in [0.15, 0.2) is 102 Å². The lowest BCUT2D eigenvalue weighted by Gasteiger charge is -2.35. The van der Waals surface area contributed by atoms with Gasteiger partial charge in [-0.25, -0.2) is 4.79 Å². The molecule has 7 rings (SSSR count). The van der Waals surface area contributed by atoms with Crippen LogP contribution >= 0.6 is 12.2 Å². The van der Waals surface area contributed by atoms with Crippen molar-refractivity contribution in [3.8, 4) is 0 Å². The number of thiocarbonyl (C=S) groups is 1. The van der Waals surface area contributed by atoms with Gasteiger partial charge < -0.3 is 15.1 Å². The zero-order valence-corrected chi connectivity index (χ0v) is 21.4. The Labute approximate surface area is 224 Å². The van der Waals surface area contributed by atoms with E-state index >= 15 is 0 Å². The molecule has 7 heteroatoms. The van der Waals surface area contributed by atoms with Crippen molar-refractivity contribution in [2.24, 2.45) is 10.6 Å². The molecule has 0 unspecified atom stereocenters. The number of amides is 1. The maximum absolute atomic E-state index is 14.7. The Morgan fingerprint density at radius 3 is 2.39 bits per heavy atom. The van der Waals surface area contributed by atoms with E-state index in [1.54, 1.807) is 11.8 Å². The summed E-state index contributed by atoms with van der Waals surface area (Å²) in [5.74, 6) is -1.43. The first-order valence-corrected chi connectivity index (χ1v) is 12.9. The summed E-state index contributed by atoms with van der Waals surface area (Å²) in [6.45, 7) is 2.14. The van der Waals surface area contributed by atoms with E-state index < -0.39 is 22.8 Å². The second-order valence-electron chi connectivity index (χ2n) is 10.1. The van der Waals surface area contributed by atoms with Crippen molar-refractivity contribution in [3.05, 3.63) is 114 Å². The molecule has 3 aliphatic heterocycles. The summed E-state index contributed by atoms with van der Waals surface area (Å²) in [4.78, 5) is 35.7. The van der Waals surface area contributed by atoms with E-state index in [2.05, 4.69) is 10.5 Å². The van der Waals surface area contributed by atoms with Crippen LogP contribution in [0.1, 0.15) is 29.5 Å². The number of anilines is 1. The molecule has 6 nitrogen and oxygen atoms in total. The molecule has 0 radical (unpaired) electrons. The highest BCUT2D eigenvalue weighted by molar-refractivity contribution is 7.80. The number of benzene rings is 4. The van der Waals surface area contributed by atoms with E-state index in [-0.39, 0.29) is 10.9 Å². The summed E-state index contributed by atoms with van der Waals surface area (Å²) in [7, 11) is 0. The number of nitrogens with one attached hydrogen (secondary N) is 1. The monoisotopic (exact) mass is 517 g/mol. The summed E-state index contributed by atoms with van der Waals surface area (Å²) in [6, 6.07) is 31.7. The molecule has 186 valence electrons. The van der Waals surface area contributed by atoms with Gasteiger partial charge in [-0.1, -0.05) is 108 Å². The van der Waals surface area contributed by atoms with Crippen LogP contribution in [0.3, 0.4) is 0 Å². The highest BCUT2D eigenvalue weighted by atomic mass is 32.1. The average Bonchev–Trinajstić information content (AvgIpc) is 3.49. The summed E-state index contributed by atoms with van der Waals surface area (Å²) in [5.41, 5.74) is 1.12. The number of rotatable bonds is 3. The summed E-state index contributed by atoms with van der Waals surface area (Å²) < 4.78 is 0. The molecule has 1 amide bonds. The third-order valence-corrected chi connectivity index (χ3v) is 8.61. The molecule has 2 spiro atoms. The summed E-state index contributed by atoms with van der Waals surface area (Å²) >= 11 is 5.91. The van der Waals surface area contributed by atoms with Crippen molar-refractivity contribution < 1.29 is 14.4 Å². The predicted octanol–water partition coefficient (Wildman–Crippen LogP) is 5.22. The van der Waals surface area contributed by atoms with Gasteiger partial charge in [-0.05, 0) is 34.9 Å². The SMILES string of the molecule is CC1=NOC(=O)[C@]12C(=S)N[C@]1(C(=O)N(Cc3ccccc3)c3ccccc31)[C@@H]2c1ccc2ccccc2c1.